The molecular formula is C13H13N3O6. The van der Waals surface area contributed by atoms with Gasteiger partial charge in [-0.2, -0.15) is 0 Å². The van der Waals surface area contributed by atoms with Crippen molar-refractivity contribution < 1.29 is 14.3 Å². The van der Waals surface area contributed by atoms with E-state index in [9.17, 15) is 25.0 Å². The first-order valence-corrected chi connectivity index (χ1v) is 6.55. The van der Waals surface area contributed by atoms with E-state index in [-0.39, 0.29) is 22.3 Å². The Kier molecular flexibility index (Phi) is 4.06. The molecule has 1 heterocycles. The monoisotopic (exact) mass is 307 g/mol. The van der Waals surface area contributed by atoms with Crippen LogP contribution in [0.5, 0.6) is 0 Å². The van der Waals surface area contributed by atoms with Crippen LogP contribution in [0.4, 0.5) is 17.1 Å². The molecule has 0 aliphatic heterocycles. The number of non-ortho nitro benzene ring substituents is 1. The van der Waals surface area contributed by atoms with E-state index in [1.165, 1.54) is 18.2 Å². The van der Waals surface area contributed by atoms with Crippen molar-refractivity contribution in [2.45, 2.75) is 13.8 Å². The van der Waals surface area contributed by atoms with Gasteiger partial charge in [0.05, 0.1) is 15.2 Å². The normalized spacial score (nSPS) is 10.6. The average Bonchev–Trinajstić information content (AvgIpc) is 2.47. The van der Waals surface area contributed by atoms with Gasteiger partial charge in [-0.25, -0.2) is 4.79 Å². The third-order valence-corrected chi connectivity index (χ3v) is 3.31. The Bertz CT molecular complexity index is 809. The van der Waals surface area contributed by atoms with E-state index >= 15 is 0 Å². The Balaban J connectivity index is 2.96. The van der Waals surface area contributed by atoms with Gasteiger partial charge in [-0.15, -0.1) is 0 Å². The topological polar surface area (TPSA) is 120 Å². The standard InChI is InChI=1S/C13H13N3O6/c1-3-14(4-2)11-9-7-8(15(18)19)5-6-10(9)22-13(17)12(11)16(20)21/h5-7H,3-4H2,1-2H3. The van der Waals surface area contributed by atoms with Crippen LogP contribution < -0.4 is 10.5 Å². The maximum Gasteiger partial charge on any atom is 0.417 e. The smallest absolute Gasteiger partial charge is 0.417 e. The Morgan fingerprint density at radius 3 is 2.27 bits per heavy atom. The highest BCUT2D eigenvalue weighted by Gasteiger charge is 2.28. The van der Waals surface area contributed by atoms with E-state index < -0.39 is 21.2 Å². The summed E-state index contributed by atoms with van der Waals surface area (Å²) in [4.78, 5) is 34.2. The van der Waals surface area contributed by atoms with Crippen molar-refractivity contribution >= 4 is 28.0 Å². The first-order valence-electron chi connectivity index (χ1n) is 6.55. The highest BCUT2D eigenvalue weighted by Crippen LogP contribution is 2.35. The molecule has 2 aromatic rings. The van der Waals surface area contributed by atoms with Crippen molar-refractivity contribution in [3.05, 3.63) is 48.8 Å². The second kappa shape index (κ2) is 5.80. The van der Waals surface area contributed by atoms with Gasteiger partial charge >= 0.3 is 11.3 Å². The average molecular weight is 307 g/mol. The van der Waals surface area contributed by atoms with Crippen molar-refractivity contribution in [3.8, 4) is 0 Å². The summed E-state index contributed by atoms with van der Waals surface area (Å²) in [6.45, 7) is 4.34. The van der Waals surface area contributed by atoms with Gasteiger partial charge in [0.15, 0.2) is 0 Å². The number of nitro groups is 2. The first-order chi connectivity index (χ1) is 10.4. The Hall–Kier alpha value is -2.97. The zero-order valence-corrected chi connectivity index (χ0v) is 11.9. The van der Waals surface area contributed by atoms with Crippen LogP contribution >= 0.6 is 0 Å². The first kappa shape index (κ1) is 15.4. The predicted octanol–water partition coefficient (Wildman–Crippen LogP) is 2.46. The van der Waals surface area contributed by atoms with Crippen LogP contribution in [-0.4, -0.2) is 22.9 Å². The quantitative estimate of drug-likeness (QED) is 0.472. The molecule has 0 saturated heterocycles. The van der Waals surface area contributed by atoms with Crippen molar-refractivity contribution in [1.82, 2.24) is 0 Å². The molecule has 0 atom stereocenters. The third kappa shape index (κ3) is 2.48. The number of hydrogen-bond donors (Lipinski definition) is 0. The molecule has 0 amide bonds. The van der Waals surface area contributed by atoms with Crippen molar-refractivity contribution in [1.29, 1.82) is 0 Å². The van der Waals surface area contributed by atoms with Crippen LogP contribution in [-0.2, 0) is 0 Å². The zero-order valence-electron chi connectivity index (χ0n) is 11.9. The van der Waals surface area contributed by atoms with Crippen molar-refractivity contribution in [2.75, 3.05) is 18.0 Å². The van der Waals surface area contributed by atoms with Gasteiger partial charge in [-0.05, 0) is 19.9 Å². The molecule has 2 rings (SSSR count). The van der Waals surface area contributed by atoms with Gasteiger partial charge in [0.1, 0.15) is 11.3 Å². The number of rotatable bonds is 5. The summed E-state index contributed by atoms with van der Waals surface area (Å²) in [5.74, 6) is 0. The number of nitrogens with zero attached hydrogens (tertiary/aromatic N) is 3. The summed E-state index contributed by atoms with van der Waals surface area (Å²) in [6, 6.07) is 3.63. The van der Waals surface area contributed by atoms with E-state index in [0.29, 0.717) is 13.1 Å². The van der Waals surface area contributed by atoms with E-state index in [0.717, 1.165) is 0 Å². The molecule has 0 aliphatic rings. The number of fused-ring (bicyclic) bond motifs is 1. The van der Waals surface area contributed by atoms with Gasteiger partial charge in [0, 0.05) is 25.2 Å². The molecule has 0 bridgehead atoms. The Labute approximate surface area is 124 Å². The molecule has 0 aliphatic carbocycles. The van der Waals surface area contributed by atoms with E-state index in [2.05, 4.69) is 0 Å². The van der Waals surface area contributed by atoms with Gasteiger partial charge < -0.3 is 9.32 Å². The van der Waals surface area contributed by atoms with Gasteiger partial charge in [-0.3, -0.25) is 20.2 Å². The van der Waals surface area contributed by atoms with Crippen molar-refractivity contribution in [3.63, 3.8) is 0 Å². The van der Waals surface area contributed by atoms with Crippen LogP contribution in [0, 0.1) is 20.2 Å². The lowest BCUT2D eigenvalue weighted by Crippen LogP contribution is -2.25. The summed E-state index contributed by atoms with van der Waals surface area (Å²) in [5, 5.41) is 22.3. The summed E-state index contributed by atoms with van der Waals surface area (Å²) >= 11 is 0. The predicted molar refractivity (Wildman–Crippen MR) is 79.4 cm³/mol. The van der Waals surface area contributed by atoms with Crippen LogP contribution in [0.2, 0.25) is 0 Å². The second-order valence-corrected chi connectivity index (χ2v) is 4.45. The van der Waals surface area contributed by atoms with Gasteiger partial charge in [-0.1, -0.05) is 0 Å². The zero-order chi connectivity index (χ0) is 16.4. The fraction of sp³-hybridized carbons (Fsp3) is 0.308. The minimum atomic E-state index is -1.08. The van der Waals surface area contributed by atoms with E-state index in [1.807, 2.05) is 0 Å². The summed E-state index contributed by atoms with van der Waals surface area (Å²) in [6.07, 6.45) is 0. The van der Waals surface area contributed by atoms with Gasteiger partial charge in [0.2, 0.25) is 0 Å². The Morgan fingerprint density at radius 2 is 1.77 bits per heavy atom. The second-order valence-electron chi connectivity index (χ2n) is 4.45. The highest BCUT2D eigenvalue weighted by molar-refractivity contribution is 5.96. The van der Waals surface area contributed by atoms with E-state index in [1.54, 1.807) is 18.7 Å². The number of benzene rings is 1. The minimum absolute atomic E-state index is 0.0463. The summed E-state index contributed by atoms with van der Waals surface area (Å²) in [7, 11) is 0. The van der Waals surface area contributed by atoms with Crippen LogP contribution in [0.3, 0.4) is 0 Å². The van der Waals surface area contributed by atoms with Crippen LogP contribution in [0.15, 0.2) is 27.4 Å². The summed E-state index contributed by atoms with van der Waals surface area (Å²) in [5.41, 5.74) is -1.90. The molecule has 22 heavy (non-hydrogen) atoms. The largest absolute Gasteiger partial charge is 0.418 e. The number of anilines is 1. The highest BCUT2D eigenvalue weighted by atomic mass is 16.6. The fourth-order valence-corrected chi connectivity index (χ4v) is 2.30. The Morgan fingerprint density at radius 1 is 1.14 bits per heavy atom. The van der Waals surface area contributed by atoms with Crippen LogP contribution in [0.25, 0.3) is 11.0 Å². The maximum atomic E-state index is 11.9. The SMILES string of the molecule is CCN(CC)c1c([N+](=O)[O-])c(=O)oc2ccc([N+](=O)[O-])cc12. The van der Waals surface area contributed by atoms with Crippen LogP contribution in [0.1, 0.15) is 13.8 Å². The molecule has 0 unspecified atom stereocenters. The molecule has 0 fully saturated rings. The maximum absolute atomic E-state index is 11.9. The molecule has 9 heteroatoms. The van der Waals surface area contributed by atoms with E-state index in [4.69, 9.17) is 4.42 Å². The summed E-state index contributed by atoms with van der Waals surface area (Å²) < 4.78 is 4.92. The lowest BCUT2D eigenvalue weighted by atomic mass is 10.1. The molecule has 116 valence electrons. The molecule has 9 nitrogen and oxygen atoms in total. The minimum Gasteiger partial charge on any atom is -0.418 e. The molecule has 0 radical (unpaired) electrons. The lowest BCUT2D eigenvalue weighted by molar-refractivity contribution is -0.386. The lowest BCUT2D eigenvalue weighted by Gasteiger charge is -2.21. The molecule has 0 spiro atoms. The number of nitro benzene ring substituents is 1. The third-order valence-electron chi connectivity index (χ3n) is 3.31. The number of hydrogen-bond acceptors (Lipinski definition) is 7. The molecule has 1 aromatic carbocycles. The molecule has 1 aromatic heterocycles. The molecule has 0 N–H and O–H groups in total. The molecule has 0 saturated carbocycles. The van der Waals surface area contributed by atoms with Crippen molar-refractivity contribution in [2.24, 2.45) is 0 Å². The van der Waals surface area contributed by atoms with Gasteiger partial charge in [0.25, 0.3) is 5.69 Å². The fourth-order valence-electron chi connectivity index (χ4n) is 2.30. The molecular weight excluding hydrogens is 294 g/mol.